The molecule has 2 atom stereocenters. The van der Waals surface area contributed by atoms with Crippen LogP contribution in [-0.4, -0.2) is 42.0 Å². The lowest BCUT2D eigenvalue weighted by molar-refractivity contribution is -0.142. The molecule has 1 aromatic carbocycles. The molecule has 1 heterocycles. The third-order valence-corrected chi connectivity index (χ3v) is 5.27. The van der Waals surface area contributed by atoms with Crippen molar-refractivity contribution in [1.29, 1.82) is 0 Å². The molecule has 1 fully saturated rings. The third kappa shape index (κ3) is 6.43. The van der Waals surface area contributed by atoms with Crippen LogP contribution in [0, 0.1) is 11.8 Å². The SMILES string of the molecule is O=C(O)COCC1CCCC(COC(=O)N(c2ccccc2)c2ccc(Cl)cn2)C1. The maximum atomic E-state index is 12.9. The Labute approximate surface area is 180 Å². The Morgan fingerprint density at radius 3 is 2.50 bits per heavy atom. The van der Waals surface area contributed by atoms with Gasteiger partial charge in [-0.2, -0.15) is 0 Å². The quantitative estimate of drug-likeness (QED) is 0.637. The van der Waals surface area contributed by atoms with E-state index in [1.807, 2.05) is 30.3 Å². The second-order valence-corrected chi connectivity index (χ2v) is 7.83. The number of aromatic nitrogens is 1. The number of carboxylic acid groups (broad SMARTS) is 1. The highest BCUT2D eigenvalue weighted by molar-refractivity contribution is 6.30. The minimum atomic E-state index is -0.965. The number of carbonyl (C=O) groups is 2. The summed E-state index contributed by atoms with van der Waals surface area (Å²) in [7, 11) is 0. The van der Waals surface area contributed by atoms with Gasteiger partial charge >= 0.3 is 12.1 Å². The number of carbonyl (C=O) groups excluding carboxylic acids is 1. The van der Waals surface area contributed by atoms with E-state index in [2.05, 4.69) is 4.98 Å². The molecule has 1 N–H and O–H groups in total. The largest absolute Gasteiger partial charge is 0.480 e. The van der Waals surface area contributed by atoms with Crippen molar-refractivity contribution in [3.8, 4) is 0 Å². The molecule has 160 valence electrons. The van der Waals surface area contributed by atoms with Gasteiger partial charge in [-0.15, -0.1) is 0 Å². The zero-order chi connectivity index (χ0) is 21.3. The van der Waals surface area contributed by atoms with Crippen LogP contribution in [0.3, 0.4) is 0 Å². The van der Waals surface area contributed by atoms with Gasteiger partial charge in [-0.25, -0.2) is 19.5 Å². The minimum absolute atomic E-state index is 0.219. The normalized spacial score (nSPS) is 18.6. The first-order valence-corrected chi connectivity index (χ1v) is 10.3. The van der Waals surface area contributed by atoms with E-state index < -0.39 is 12.1 Å². The highest BCUT2D eigenvalue weighted by Crippen LogP contribution is 2.30. The number of anilines is 2. The monoisotopic (exact) mass is 432 g/mol. The van der Waals surface area contributed by atoms with Crippen molar-refractivity contribution in [3.05, 3.63) is 53.7 Å². The Morgan fingerprint density at radius 1 is 1.10 bits per heavy atom. The summed E-state index contributed by atoms with van der Waals surface area (Å²) in [6, 6.07) is 12.5. The van der Waals surface area contributed by atoms with Crippen LogP contribution in [0.15, 0.2) is 48.7 Å². The summed E-state index contributed by atoms with van der Waals surface area (Å²) in [5.41, 5.74) is 0.654. The van der Waals surface area contributed by atoms with Crippen LogP contribution < -0.4 is 4.90 Å². The minimum Gasteiger partial charge on any atom is -0.480 e. The van der Waals surface area contributed by atoms with Gasteiger partial charge in [0.1, 0.15) is 12.4 Å². The molecule has 0 bridgehead atoms. The molecular formula is C22H25ClN2O5. The number of nitrogens with zero attached hydrogens (tertiary/aromatic N) is 2. The number of pyridine rings is 1. The van der Waals surface area contributed by atoms with Crippen molar-refractivity contribution in [3.63, 3.8) is 0 Å². The number of carboxylic acids is 1. The van der Waals surface area contributed by atoms with Crippen LogP contribution in [0.2, 0.25) is 5.02 Å². The average Bonchev–Trinajstić information content (AvgIpc) is 2.75. The summed E-state index contributed by atoms with van der Waals surface area (Å²) < 4.78 is 10.9. The molecule has 0 saturated heterocycles. The van der Waals surface area contributed by atoms with Gasteiger partial charge < -0.3 is 14.6 Å². The number of rotatable bonds is 8. The summed E-state index contributed by atoms with van der Waals surface area (Å²) in [5.74, 6) is -0.0332. The van der Waals surface area contributed by atoms with Gasteiger partial charge in [0, 0.05) is 6.20 Å². The summed E-state index contributed by atoms with van der Waals surface area (Å²) in [4.78, 5) is 29.2. The fourth-order valence-electron chi connectivity index (χ4n) is 3.68. The fraction of sp³-hybridized carbons (Fsp3) is 0.409. The molecule has 1 saturated carbocycles. The number of amides is 1. The van der Waals surface area contributed by atoms with Crippen LogP contribution in [0.4, 0.5) is 16.3 Å². The Balaban J connectivity index is 1.60. The van der Waals surface area contributed by atoms with Crippen LogP contribution in [0.5, 0.6) is 0 Å². The average molecular weight is 433 g/mol. The Hall–Kier alpha value is -2.64. The number of hydrogen-bond donors (Lipinski definition) is 1. The van der Waals surface area contributed by atoms with E-state index in [0.717, 1.165) is 25.7 Å². The zero-order valence-electron chi connectivity index (χ0n) is 16.6. The summed E-state index contributed by atoms with van der Waals surface area (Å²) in [6.45, 7) is 0.434. The Bertz CT molecular complexity index is 831. The fourth-order valence-corrected chi connectivity index (χ4v) is 3.79. The zero-order valence-corrected chi connectivity index (χ0v) is 17.3. The summed E-state index contributed by atoms with van der Waals surface area (Å²) >= 11 is 5.93. The van der Waals surface area contributed by atoms with E-state index in [-0.39, 0.29) is 18.4 Å². The molecule has 0 aliphatic heterocycles. The molecular weight excluding hydrogens is 408 g/mol. The highest BCUT2D eigenvalue weighted by Gasteiger charge is 2.26. The lowest BCUT2D eigenvalue weighted by Gasteiger charge is -2.29. The van der Waals surface area contributed by atoms with Gasteiger partial charge in [0.05, 0.1) is 23.9 Å². The molecule has 3 rings (SSSR count). The smallest absolute Gasteiger partial charge is 0.420 e. The van der Waals surface area contributed by atoms with E-state index in [1.54, 1.807) is 12.1 Å². The predicted molar refractivity (Wildman–Crippen MR) is 113 cm³/mol. The molecule has 1 aromatic heterocycles. The molecule has 2 aromatic rings. The van der Waals surface area contributed by atoms with Crippen molar-refractivity contribution >= 4 is 35.2 Å². The molecule has 8 heteroatoms. The van der Waals surface area contributed by atoms with Crippen molar-refractivity contribution in [2.45, 2.75) is 25.7 Å². The molecule has 1 aliphatic carbocycles. The molecule has 30 heavy (non-hydrogen) atoms. The number of benzene rings is 1. The van der Waals surface area contributed by atoms with Crippen LogP contribution in [-0.2, 0) is 14.3 Å². The molecule has 0 spiro atoms. The van der Waals surface area contributed by atoms with E-state index in [1.165, 1.54) is 11.1 Å². The lowest BCUT2D eigenvalue weighted by Crippen LogP contribution is -2.31. The Kier molecular flexibility index (Phi) is 8.04. The van der Waals surface area contributed by atoms with Crippen molar-refractivity contribution < 1.29 is 24.2 Å². The molecule has 0 radical (unpaired) electrons. The lowest BCUT2D eigenvalue weighted by atomic mass is 9.82. The molecule has 2 unspecified atom stereocenters. The third-order valence-electron chi connectivity index (χ3n) is 5.05. The number of para-hydroxylation sites is 1. The maximum absolute atomic E-state index is 12.9. The van der Waals surface area contributed by atoms with Crippen LogP contribution in [0.25, 0.3) is 0 Å². The van der Waals surface area contributed by atoms with E-state index >= 15 is 0 Å². The first-order chi connectivity index (χ1) is 14.5. The second kappa shape index (κ2) is 10.9. The van der Waals surface area contributed by atoms with Crippen molar-refractivity contribution in [1.82, 2.24) is 4.98 Å². The van der Waals surface area contributed by atoms with Gasteiger partial charge in [0.15, 0.2) is 0 Å². The predicted octanol–water partition coefficient (Wildman–Crippen LogP) is 4.92. The van der Waals surface area contributed by atoms with E-state index in [9.17, 15) is 9.59 Å². The second-order valence-electron chi connectivity index (χ2n) is 7.39. The number of halogens is 1. The van der Waals surface area contributed by atoms with Gasteiger partial charge in [-0.3, -0.25) is 0 Å². The first-order valence-electron chi connectivity index (χ1n) is 9.96. The maximum Gasteiger partial charge on any atom is 0.420 e. The number of aliphatic carboxylic acids is 1. The van der Waals surface area contributed by atoms with E-state index in [4.69, 9.17) is 26.2 Å². The first kappa shape index (κ1) is 22.1. The van der Waals surface area contributed by atoms with Crippen LogP contribution in [0.1, 0.15) is 25.7 Å². The highest BCUT2D eigenvalue weighted by atomic mass is 35.5. The van der Waals surface area contributed by atoms with Gasteiger partial charge in [-0.1, -0.05) is 36.2 Å². The van der Waals surface area contributed by atoms with E-state index in [0.29, 0.717) is 29.7 Å². The molecule has 1 amide bonds. The van der Waals surface area contributed by atoms with Gasteiger partial charge in [0.2, 0.25) is 0 Å². The summed E-state index contributed by atoms with van der Waals surface area (Å²) in [5, 5.41) is 9.18. The van der Waals surface area contributed by atoms with Crippen molar-refractivity contribution in [2.75, 3.05) is 24.7 Å². The number of ether oxygens (including phenoxy) is 2. The topological polar surface area (TPSA) is 89.0 Å². The van der Waals surface area contributed by atoms with Gasteiger partial charge in [-0.05, 0) is 55.4 Å². The van der Waals surface area contributed by atoms with Gasteiger partial charge in [0.25, 0.3) is 0 Å². The number of hydrogen-bond acceptors (Lipinski definition) is 5. The standard InChI is InChI=1S/C22H25ClN2O5/c23-18-9-10-20(24-12-18)25(19-7-2-1-3-8-19)22(28)30-14-17-6-4-5-16(11-17)13-29-15-21(26)27/h1-3,7-10,12,16-17H,4-6,11,13-15H2,(H,26,27). The molecule has 1 aliphatic rings. The Morgan fingerprint density at radius 2 is 1.83 bits per heavy atom. The van der Waals surface area contributed by atoms with Crippen LogP contribution >= 0.6 is 11.6 Å². The summed E-state index contributed by atoms with van der Waals surface area (Å²) in [6.07, 6.45) is 4.80. The molecule has 7 nitrogen and oxygen atoms in total. The van der Waals surface area contributed by atoms with Crippen molar-refractivity contribution in [2.24, 2.45) is 11.8 Å².